The van der Waals surface area contributed by atoms with Crippen LogP contribution in [0.3, 0.4) is 0 Å². The first-order valence-electron chi connectivity index (χ1n) is 4.99. The fourth-order valence-electron chi connectivity index (χ4n) is 1.21. The van der Waals surface area contributed by atoms with Gasteiger partial charge in [-0.2, -0.15) is 0 Å². The summed E-state index contributed by atoms with van der Waals surface area (Å²) in [6, 6.07) is 0. The number of aromatic nitrogens is 3. The van der Waals surface area contributed by atoms with Gasteiger partial charge >= 0.3 is 5.97 Å². The van der Waals surface area contributed by atoms with Gasteiger partial charge in [-0.25, -0.2) is 15.0 Å². The second kappa shape index (κ2) is 5.01. The summed E-state index contributed by atoms with van der Waals surface area (Å²) in [7, 11) is 1.36. The van der Waals surface area contributed by atoms with Crippen molar-refractivity contribution >= 4 is 17.3 Å². The van der Waals surface area contributed by atoms with Gasteiger partial charge in [-0.3, -0.25) is 4.79 Å². The minimum atomic E-state index is -0.299. The predicted molar refractivity (Wildman–Crippen MR) is 63.6 cm³/mol. The van der Waals surface area contributed by atoms with Crippen LogP contribution in [0.4, 0.5) is 0 Å². The van der Waals surface area contributed by atoms with Crippen LogP contribution >= 0.6 is 11.3 Å². The van der Waals surface area contributed by atoms with E-state index in [9.17, 15) is 4.79 Å². The Morgan fingerprint density at radius 1 is 1.41 bits per heavy atom. The molecule has 2 aromatic rings. The molecule has 0 fully saturated rings. The molecule has 5 nitrogen and oxygen atoms in total. The Balaban J connectivity index is 2.18. The maximum absolute atomic E-state index is 11.1. The molecule has 0 saturated heterocycles. The third-order valence-electron chi connectivity index (χ3n) is 2.08. The Kier molecular flexibility index (Phi) is 3.43. The van der Waals surface area contributed by atoms with Gasteiger partial charge in [-0.15, -0.1) is 11.3 Å². The van der Waals surface area contributed by atoms with Crippen molar-refractivity contribution in [2.75, 3.05) is 7.11 Å². The van der Waals surface area contributed by atoms with Crippen LogP contribution in [0, 0.1) is 6.92 Å². The van der Waals surface area contributed by atoms with Gasteiger partial charge in [0.1, 0.15) is 0 Å². The van der Waals surface area contributed by atoms with Crippen LogP contribution in [0.25, 0.3) is 10.8 Å². The molecule has 0 radical (unpaired) electrons. The molecule has 0 aromatic carbocycles. The van der Waals surface area contributed by atoms with Gasteiger partial charge in [0.2, 0.25) is 0 Å². The number of carbonyl (C=O) groups is 1. The molecule has 2 aromatic heterocycles. The van der Waals surface area contributed by atoms with E-state index in [-0.39, 0.29) is 12.4 Å². The Morgan fingerprint density at radius 2 is 2.12 bits per heavy atom. The van der Waals surface area contributed by atoms with E-state index in [2.05, 4.69) is 19.7 Å². The van der Waals surface area contributed by atoms with Crippen molar-refractivity contribution in [3.8, 4) is 10.8 Å². The lowest BCUT2D eigenvalue weighted by Crippen LogP contribution is -2.04. The van der Waals surface area contributed by atoms with E-state index in [1.54, 1.807) is 12.4 Å². The van der Waals surface area contributed by atoms with Crippen molar-refractivity contribution in [2.45, 2.75) is 13.3 Å². The van der Waals surface area contributed by atoms with E-state index >= 15 is 0 Å². The van der Waals surface area contributed by atoms with Gasteiger partial charge < -0.3 is 4.74 Å². The van der Waals surface area contributed by atoms with Gasteiger partial charge in [-0.05, 0) is 12.5 Å². The monoisotopic (exact) mass is 249 g/mol. The van der Waals surface area contributed by atoms with Crippen LogP contribution in [-0.2, 0) is 16.0 Å². The number of nitrogens with zero attached hydrogens (tertiary/aromatic N) is 3. The number of carbonyl (C=O) groups excluding carboxylic acids is 1. The van der Waals surface area contributed by atoms with Crippen LogP contribution < -0.4 is 0 Å². The summed E-state index contributed by atoms with van der Waals surface area (Å²) in [5.41, 5.74) is 1.68. The highest BCUT2D eigenvalue weighted by molar-refractivity contribution is 7.13. The third kappa shape index (κ3) is 2.85. The lowest BCUT2D eigenvalue weighted by molar-refractivity contribution is -0.139. The Morgan fingerprint density at radius 3 is 2.76 bits per heavy atom. The standard InChI is InChI=1S/C11H11N3O2S/c1-7-4-12-10(13-5-7)11-14-8(6-17-11)3-9(15)16-2/h4-6H,3H2,1-2H3. The Labute approximate surface area is 103 Å². The fourth-order valence-corrected chi connectivity index (χ4v) is 1.98. The van der Waals surface area contributed by atoms with E-state index in [0.717, 1.165) is 5.56 Å². The van der Waals surface area contributed by atoms with E-state index < -0.39 is 0 Å². The average molecular weight is 249 g/mol. The first kappa shape index (κ1) is 11.7. The maximum atomic E-state index is 11.1. The molecule has 0 spiro atoms. The maximum Gasteiger partial charge on any atom is 0.311 e. The summed E-state index contributed by atoms with van der Waals surface area (Å²) in [5.74, 6) is 0.281. The molecule has 0 atom stereocenters. The molecule has 6 heteroatoms. The van der Waals surface area contributed by atoms with Crippen LogP contribution in [0.15, 0.2) is 17.8 Å². The van der Waals surface area contributed by atoms with Crippen molar-refractivity contribution in [1.29, 1.82) is 0 Å². The predicted octanol–water partition coefficient (Wildman–Crippen LogP) is 1.62. The molecular weight excluding hydrogens is 238 g/mol. The van der Waals surface area contributed by atoms with Gasteiger partial charge in [-0.1, -0.05) is 0 Å². The largest absolute Gasteiger partial charge is 0.469 e. The van der Waals surface area contributed by atoms with Crippen molar-refractivity contribution in [1.82, 2.24) is 15.0 Å². The van der Waals surface area contributed by atoms with Gasteiger partial charge in [0.25, 0.3) is 0 Å². The molecule has 2 rings (SSSR count). The lowest BCUT2D eigenvalue weighted by Gasteiger charge is -1.95. The molecule has 88 valence electrons. The van der Waals surface area contributed by atoms with Crippen molar-refractivity contribution in [3.05, 3.63) is 29.0 Å². The van der Waals surface area contributed by atoms with Crippen molar-refractivity contribution in [2.24, 2.45) is 0 Å². The second-order valence-electron chi connectivity index (χ2n) is 3.48. The number of esters is 1. The van der Waals surface area contributed by atoms with E-state index in [4.69, 9.17) is 0 Å². The normalized spacial score (nSPS) is 10.2. The number of aryl methyl sites for hydroxylation is 1. The molecule has 0 unspecified atom stereocenters. The van der Waals surface area contributed by atoms with Crippen LogP contribution in [0.5, 0.6) is 0 Å². The average Bonchev–Trinajstić information content (AvgIpc) is 2.78. The zero-order valence-corrected chi connectivity index (χ0v) is 10.3. The number of hydrogen-bond donors (Lipinski definition) is 0. The minimum Gasteiger partial charge on any atom is -0.469 e. The highest BCUT2D eigenvalue weighted by Gasteiger charge is 2.10. The lowest BCUT2D eigenvalue weighted by atomic mass is 10.3. The molecule has 0 aliphatic heterocycles. The summed E-state index contributed by atoms with van der Waals surface area (Å²) >= 11 is 1.42. The quantitative estimate of drug-likeness (QED) is 0.773. The Hall–Kier alpha value is -1.82. The molecule has 0 aliphatic rings. The van der Waals surface area contributed by atoms with E-state index in [1.165, 1.54) is 18.4 Å². The third-order valence-corrected chi connectivity index (χ3v) is 2.96. The molecule has 2 heterocycles. The highest BCUT2D eigenvalue weighted by atomic mass is 32.1. The molecule has 0 saturated carbocycles. The summed E-state index contributed by atoms with van der Waals surface area (Å²) < 4.78 is 4.58. The zero-order valence-electron chi connectivity index (χ0n) is 9.51. The number of thiazole rings is 1. The Bertz CT molecular complexity index is 522. The fraction of sp³-hybridized carbons (Fsp3) is 0.273. The van der Waals surface area contributed by atoms with E-state index in [0.29, 0.717) is 16.5 Å². The highest BCUT2D eigenvalue weighted by Crippen LogP contribution is 2.20. The van der Waals surface area contributed by atoms with Crippen LogP contribution in [0.2, 0.25) is 0 Å². The smallest absolute Gasteiger partial charge is 0.311 e. The molecule has 17 heavy (non-hydrogen) atoms. The first-order chi connectivity index (χ1) is 8.19. The van der Waals surface area contributed by atoms with Gasteiger partial charge in [0.05, 0.1) is 19.2 Å². The topological polar surface area (TPSA) is 65.0 Å². The number of hydrogen-bond acceptors (Lipinski definition) is 6. The molecule has 0 N–H and O–H groups in total. The number of ether oxygens (including phenoxy) is 1. The van der Waals surface area contributed by atoms with Gasteiger partial charge in [0.15, 0.2) is 10.8 Å². The summed E-state index contributed by atoms with van der Waals surface area (Å²) in [6.07, 6.45) is 3.66. The summed E-state index contributed by atoms with van der Waals surface area (Å²) in [5, 5.41) is 2.53. The molecule has 0 bridgehead atoms. The number of methoxy groups -OCH3 is 1. The molecule has 0 amide bonds. The van der Waals surface area contributed by atoms with Crippen LogP contribution in [0.1, 0.15) is 11.3 Å². The summed E-state index contributed by atoms with van der Waals surface area (Å²) in [4.78, 5) is 23.7. The minimum absolute atomic E-state index is 0.179. The number of rotatable bonds is 3. The first-order valence-corrected chi connectivity index (χ1v) is 5.87. The van der Waals surface area contributed by atoms with Crippen molar-refractivity contribution in [3.63, 3.8) is 0 Å². The SMILES string of the molecule is COC(=O)Cc1csc(-c2ncc(C)cn2)n1. The van der Waals surface area contributed by atoms with Crippen LogP contribution in [-0.4, -0.2) is 28.0 Å². The molecule has 0 aliphatic carbocycles. The van der Waals surface area contributed by atoms with Gasteiger partial charge in [0, 0.05) is 17.8 Å². The zero-order chi connectivity index (χ0) is 12.3. The molecular formula is C11H11N3O2S. The van der Waals surface area contributed by atoms with E-state index in [1.807, 2.05) is 12.3 Å². The summed E-state index contributed by atoms with van der Waals surface area (Å²) in [6.45, 7) is 1.92. The second-order valence-corrected chi connectivity index (χ2v) is 4.34. The van der Waals surface area contributed by atoms with Crippen molar-refractivity contribution < 1.29 is 9.53 Å².